The Balaban J connectivity index is 1.18. The summed E-state index contributed by atoms with van der Waals surface area (Å²) in [5, 5.41) is 3.33. The van der Waals surface area contributed by atoms with E-state index in [9.17, 15) is 4.79 Å². The molecule has 2 saturated heterocycles. The minimum Gasteiger partial charge on any atom is -0.354 e. The van der Waals surface area contributed by atoms with Gasteiger partial charge >= 0.3 is 0 Å². The number of anilines is 1. The maximum Gasteiger partial charge on any atom is 0.234 e. The maximum atomic E-state index is 12.6. The lowest BCUT2D eigenvalue weighted by Crippen LogP contribution is -2.51. The topological polar surface area (TPSA) is 51.7 Å². The van der Waals surface area contributed by atoms with Crippen molar-refractivity contribution in [2.75, 3.05) is 57.3 Å². The smallest absolute Gasteiger partial charge is 0.234 e. The van der Waals surface area contributed by atoms with Gasteiger partial charge in [0.2, 0.25) is 5.91 Å². The number of carbonyl (C=O) groups excluding carboxylic acids is 1. The molecule has 0 aromatic carbocycles. The van der Waals surface area contributed by atoms with Gasteiger partial charge in [0, 0.05) is 51.5 Å². The Labute approximate surface area is 182 Å². The number of hydrogen-bond donors (Lipinski definition) is 1. The Morgan fingerprint density at radius 2 is 1.87 bits per heavy atom. The largest absolute Gasteiger partial charge is 0.354 e. The minimum absolute atomic E-state index is 0.235. The fourth-order valence-corrected chi connectivity index (χ4v) is 5.50. The Hall–Kier alpha value is -1.66. The monoisotopic (exact) mass is 413 g/mol. The molecule has 1 aromatic heterocycles. The lowest BCUT2D eigenvalue weighted by atomic mass is 9.86. The van der Waals surface area contributed by atoms with Gasteiger partial charge in [-0.25, -0.2) is 4.98 Å². The van der Waals surface area contributed by atoms with Crippen LogP contribution in [0.25, 0.3) is 0 Å². The number of aromatic nitrogens is 1. The lowest BCUT2D eigenvalue weighted by molar-refractivity contribution is -0.124. The average Bonchev–Trinajstić information content (AvgIpc) is 2.77. The van der Waals surface area contributed by atoms with Crippen LogP contribution in [0.2, 0.25) is 0 Å². The molecule has 0 bridgehead atoms. The molecule has 6 heteroatoms. The highest BCUT2D eigenvalue weighted by atomic mass is 16.2. The Kier molecular flexibility index (Phi) is 7.61. The van der Waals surface area contributed by atoms with Gasteiger partial charge in [0.15, 0.2) is 0 Å². The molecule has 2 aliphatic heterocycles. The molecular formula is C24H39N5O. The Bertz CT molecular complexity index is 661. The summed E-state index contributed by atoms with van der Waals surface area (Å²) in [7, 11) is 0. The Morgan fingerprint density at radius 3 is 2.63 bits per heavy atom. The highest BCUT2D eigenvalue weighted by molar-refractivity contribution is 5.78. The number of nitrogens with zero attached hydrogens (tertiary/aromatic N) is 4. The van der Waals surface area contributed by atoms with Gasteiger partial charge in [-0.05, 0) is 56.2 Å². The second kappa shape index (κ2) is 10.6. The lowest BCUT2D eigenvalue weighted by Gasteiger charge is -2.39. The van der Waals surface area contributed by atoms with Crippen LogP contribution in [0.15, 0.2) is 24.4 Å². The molecule has 3 atom stereocenters. The van der Waals surface area contributed by atoms with Crippen molar-refractivity contribution in [3.05, 3.63) is 24.4 Å². The second-order valence-corrected chi connectivity index (χ2v) is 9.65. The summed E-state index contributed by atoms with van der Waals surface area (Å²) < 4.78 is 0. The van der Waals surface area contributed by atoms with E-state index in [2.05, 4.69) is 44.1 Å². The molecule has 3 fully saturated rings. The summed E-state index contributed by atoms with van der Waals surface area (Å²) in [4.78, 5) is 24.5. The zero-order chi connectivity index (χ0) is 20.8. The molecule has 166 valence electrons. The van der Waals surface area contributed by atoms with Gasteiger partial charge in [-0.15, -0.1) is 0 Å². The normalized spacial score (nSPS) is 29.0. The highest BCUT2D eigenvalue weighted by Gasteiger charge is 2.27. The van der Waals surface area contributed by atoms with E-state index in [4.69, 9.17) is 0 Å². The number of pyridine rings is 1. The fraction of sp³-hybridized carbons (Fsp3) is 0.750. The molecule has 1 N–H and O–H groups in total. The number of hydrogen-bond acceptors (Lipinski definition) is 5. The van der Waals surface area contributed by atoms with Crippen LogP contribution in [-0.4, -0.2) is 79.1 Å². The predicted molar refractivity (Wildman–Crippen MR) is 122 cm³/mol. The van der Waals surface area contributed by atoms with Crippen LogP contribution in [-0.2, 0) is 4.79 Å². The standard InChI is InChI=1S/C24H39N5O/c1-20-7-2-3-9-22(20)26-24(30)19-28-12-6-8-21(18-28)17-27-13-15-29(16-14-27)23-10-4-5-11-25-23/h4-5,10-11,20-22H,2-3,6-9,12-19H2,1H3,(H,26,30). The van der Waals surface area contributed by atoms with E-state index in [0.717, 1.165) is 58.1 Å². The first kappa shape index (κ1) is 21.6. The number of rotatable bonds is 6. The number of amides is 1. The molecule has 0 radical (unpaired) electrons. The molecule has 6 nitrogen and oxygen atoms in total. The quantitative estimate of drug-likeness (QED) is 0.777. The SMILES string of the molecule is CC1CCCCC1NC(=O)CN1CCCC(CN2CCN(c3ccccn3)CC2)C1. The van der Waals surface area contributed by atoms with Crippen LogP contribution in [0.3, 0.4) is 0 Å². The average molecular weight is 414 g/mol. The third-order valence-electron chi connectivity index (χ3n) is 7.29. The van der Waals surface area contributed by atoms with Gasteiger partial charge in [-0.3, -0.25) is 14.6 Å². The number of piperidine rings is 1. The third-order valence-corrected chi connectivity index (χ3v) is 7.29. The second-order valence-electron chi connectivity index (χ2n) is 9.65. The molecule has 1 saturated carbocycles. The number of nitrogens with one attached hydrogen (secondary N) is 1. The van der Waals surface area contributed by atoms with E-state index in [1.165, 1.54) is 32.1 Å². The summed E-state index contributed by atoms with van der Waals surface area (Å²) in [5.74, 6) is 2.64. The van der Waals surface area contributed by atoms with E-state index in [0.29, 0.717) is 24.4 Å². The van der Waals surface area contributed by atoms with Crippen LogP contribution in [0.4, 0.5) is 5.82 Å². The van der Waals surface area contributed by atoms with Gasteiger partial charge < -0.3 is 10.2 Å². The van der Waals surface area contributed by atoms with Crippen LogP contribution in [0.1, 0.15) is 45.4 Å². The molecule has 4 rings (SSSR count). The van der Waals surface area contributed by atoms with Crippen molar-refractivity contribution >= 4 is 11.7 Å². The first-order valence-electron chi connectivity index (χ1n) is 12.1. The van der Waals surface area contributed by atoms with Crippen LogP contribution >= 0.6 is 0 Å². The molecule has 1 amide bonds. The molecule has 1 aromatic rings. The molecule has 3 heterocycles. The van der Waals surface area contributed by atoms with Gasteiger partial charge in [-0.2, -0.15) is 0 Å². The molecule has 3 unspecified atom stereocenters. The molecule has 30 heavy (non-hydrogen) atoms. The molecule has 3 aliphatic rings. The fourth-order valence-electron chi connectivity index (χ4n) is 5.50. The first-order chi connectivity index (χ1) is 14.7. The van der Waals surface area contributed by atoms with Crippen molar-refractivity contribution in [3.8, 4) is 0 Å². The predicted octanol–water partition coefficient (Wildman–Crippen LogP) is 2.61. The van der Waals surface area contributed by atoms with Crippen molar-refractivity contribution in [1.82, 2.24) is 20.1 Å². The number of likely N-dealkylation sites (tertiary alicyclic amines) is 1. The third kappa shape index (κ3) is 5.94. The number of piperazine rings is 1. The zero-order valence-corrected chi connectivity index (χ0v) is 18.6. The molecule has 0 spiro atoms. The van der Waals surface area contributed by atoms with E-state index in [1.54, 1.807) is 0 Å². The van der Waals surface area contributed by atoms with Gasteiger partial charge in [0.05, 0.1) is 6.54 Å². The van der Waals surface area contributed by atoms with Gasteiger partial charge in [-0.1, -0.05) is 25.8 Å². The van der Waals surface area contributed by atoms with Crippen molar-refractivity contribution in [3.63, 3.8) is 0 Å². The summed E-state index contributed by atoms with van der Waals surface area (Å²) in [5.41, 5.74) is 0. The first-order valence-corrected chi connectivity index (χ1v) is 12.1. The van der Waals surface area contributed by atoms with Crippen molar-refractivity contribution < 1.29 is 4.79 Å². The van der Waals surface area contributed by atoms with Crippen LogP contribution in [0, 0.1) is 11.8 Å². The number of carbonyl (C=O) groups is 1. The van der Waals surface area contributed by atoms with Gasteiger partial charge in [0.1, 0.15) is 5.82 Å². The van der Waals surface area contributed by atoms with E-state index in [1.807, 2.05) is 12.3 Å². The zero-order valence-electron chi connectivity index (χ0n) is 18.6. The molecule has 1 aliphatic carbocycles. The van der Waals surface area contributed by atoms with E-state index in [-0.39, 0.29) is 5.91 Å². The summed E-state index contributed by atoms with van der Waals surface area (Å²) in [6.45, 7) is 10.5. The van der Waals surface area contributed by atoms with Crippen molar-refractivity contribution in [2.45, 2.75) is 51.5 Å². The van der Waals surface area contributed by atoms with E-state index < -0.39 is 0 Å². The summed E-state index contributed by atoms with van der Waals surface area (Å²) >= 11 is 0. The molecular weight excluding hydrogens is 374 g/mol. The van der Waals surface area contributed by atoms with Crippen LogP contribution in [0.5, 0.6) is 0 Å². The highest BCUT2D eigenvalue weighted by Crippen LogP contribution is 2.24. The van der Waals surface area contributed by atoms with Crippen molar-refractivity contribution in [2.24, 2.45) is 11.8 Å². The summed E-state index contributed by atoms with van der Waals surface area (Å²) in [6.07, 6.45) is 9.36. The van der Waals surface area contributed by atoms with Gasteiger partial charge in [0.25, 0.3) is 0 Å². The minimum atomic E-state index is 0.235. The summed E-state index contributed by atoms with van der Waals surface area (Å²) in [6, 6.07) is 6.54. The van der Waals surface area contributed by atoms with Crippen LogP contribution < -0.4 is 10.2 Å². The van der Waals surface area contributed by atoms with Crippen molar-refractivity contribution in [1.29, 1.82) is 0 Å². The van der Waals surface area contributed by atoms with E-state index >= 15 is 0 Å². The maximum absolute atomic E-state index is 12.6. The Morgan fingerprint density at radius 1 is 1.03 bits per heavy atom.